The summed E-state index contributed by atoms with van der Waals surface area (Å²) >= 11 is 0. The summed E-state index contributed by atoms with van der Waals surface area (Å²) in [6.07, 6.45) is -0.814. The molecular weight excluding hydrogens is 258 g/mol. The number of sulfonamides is 1. The predicted octanol–water partition coefficient (Wildman–Crippen LogP) is -0.973. The van der Waals surface area contributed by atoms with E-state index in [1.54, 1.807) is 0 Å². The number of primary amides is 1. The molecule has 0 bridgehead atoms. The van der Waals surface area contributed by atoms with E-state index in [4.69, 9.17) is 16.6 Å². The van der Waals surface area contributed by atoms with Crippen LogP contribution in [0.5, 0.6) is 0 Å². The normalized spacial score (nSPS) is 13.2. The quantitative estimate of drug-likeness (QED) is 0.512. The zero-order chi connectivity index (χ0) is 13.9. The van der Waals surface area contributed by atoms with Crippen LogP contribution in [-0.2, 0) is 10.0 Å². The number of benzene rings is 1. The minimum absolute atomic E-state index is 0.0793. The summed E-state index contributed by atoms with van der Waals surface area (Å²) in [6, 6.07) is 3.66. The van der Waals surface area contributed by atoms with Gasteiger partial charge in [-0.05, 0) is 25.1 Å². The Morgan fingerprint density at radius 3 is 2.56 bits per heavy atom. The first-order valence-corrected chi connectivity index (χ1v) is 6.59. The lowest BCUT2D eigenvalue weighted by Gasteiger charge is -2.10. The van der Waals surface area contributed by atoms with Gasteiger partial charge in [-0.15, -0.1) is 0 Å². The lowest BCUT2D eigenvalue weighted by atomic mass is 10.2. The highest BCUT2D eigenvalue weighted by molar-refractivity contribution is 7.89. The molecule has 1 aromatic carbocycles. The maximum atomic E-state index is 11.8. The molecule has 7 nitrogen and oxygen atoms in total. The molecule has 100 valence electrons. The molecule has 0 heterocycles. The van der Waals surface area contributed by atoms with E-state index in [1.165, 1.54) is 25.1 Å². The second kappa shape index (κ2) is 5.34. The summed E-state index contributed by atoms with van der Waals surface area (Å²) in [4.78, 5) is 10.7. The van der Waals surface area contributed by atoms with Gasteiger partial charge < -0.3 is 16.6 Å². The van der Waals surface area contributed by atoms with Crippen LogP contribution in [0.4, 0.5) is 5.69 Å². The average Bonchev–Trinajstić information content (AvgIpc) is 2.26. The Balaban J connectivity index is 3.06. The summed E-state index contributed by atoms with van der Waals surface area (Å²) in [7, 11) is -3.82. The van der Waals surface area contributed by atoms with Gasteiger partial charge in [0, 0.05) is 12.1 Å². The van der Waals surface area contributed by atoms with Gasteiger partial charge >= 0.3 is 0 Å². The molecule has 0 spiro atoms. The maximum absolute atomic E-state index is 11.8. The molecule has 0 radical (unpaired) electrons. The van der Waals surface area contributed by atoms with Gasteiger partial charge in [0.1, 0.15) is 4.90 Å². The fourth-order valence-electron chi connectivity index (χ4n) is 1.25. The Morgan fingerprint density at radius 1 is 1.50 bits per heavy atom. The minimum Gasteiger partial charge on any atom is -0.398 e. The zero-order valence-electron chi connectivity index (χ0n) is 9.75. The fourth-order valence-corrected chi connectivity index (χ4v) is 2.49. The fraction of sp³-hybridized carbons (Fsp3) is 0.300. The van der Waals surface area contributed by atoms with Gasteiger partial charge in [0.05, 0.1) is 11.8 Å². The number of hydrogen-bond donors (Lipinski definition) is 4. The first-order chi connectivity index (χ1) is 8.24. The van der Waals surface area contributed by atoms with Gasteiger partial charge in [0.25, 0.3) is 0 Å². The van der Waals surface area contributed by atoms with Gasteiger partial charge in [0.2, 0.25) is 15.9 Å². The highest BCUT2D eigenvalue weighted by Crippen LogP contribution is 2.19. The Labute approximate surface area is 105 Å². The van der Waals surface area contributed by atoms with Crippen LogP contribution in [-0.4, -0.2) is 32.1 Å². The summed E-state index contributed by atoms with van der Waals surface area (Å²) in [6.45, 7) is 1.32. The predicted molar refractivity (Wildman–Crippen MR) is 66.2 cm³/mol. The maximum Gasteiger partial charge on any atom is 0.248 e. The number of nitrogens with two attached hydrogens (primary N) is 2. The summed E-state index contributed by atoms with van der Waals surface area (Å²) < 4.78 is 25.8. The van der Waals surface area contributed by atoms with E-state index in [9.17, 15) is 13.2 Å². The first-order valence-electron chi connectivity index (χ1n) is 5.11. The number of anilines is 1. The molecule has 0 aromatic heterocycles. The van der Waals surface area contributed by atoms with Crippen LogP contribution in [0.1, 0.15) is 17.3 Å². The molecule has 1 atom stereocenters. The van der Waals surface area contributed by atoms with Gasteiger partial charge in [0.15, 0.2) is 0 Å². The summed E-state index contributed by atoms with van der Waals surface area (Å²) in [5.74, 6) is -0.692. The molecule has 1 amide bonds. The van der Waals surface area contributed by atoms with Crippen LogP contribution in [0, 0.1) is 0 Å². The third-order valence-corrected chi connectivity index (χ3v) is 3.65. The molecule has 0 saturated heterocycles. The number of rotatable bonds is 5. The van der Waals surface area contributed by atoms with Crippen LogP contribution in [0.25, 0.3) is 0 Å². The molecule has 0 aliphatic heterocycles. The van der Waals surface area contributed by atoms with E-state index < -0.39 is 22.0 Å². The third-order valence-electron chi connectivity index (χ3n) is 2.15. The number of carbonyl (C=O) groups is 1. The number of aliphatic hydroxyl groups is 1. The van der Waals surface area contributed by atoms with Gasteiger partial charge in [-0.1, -0.05) is 0 Å². The van der Waals surface area contributed by atoms with Gasteiger partial charge in [-0.3, -0.25) is 4.79 Å². The highest BCUT2D eigenvalue weighted by Gasteiger charge is 2.18. The van der Waals surface area contributed by atoms with Gasteiger partial charge in [-0.25, -0.2) is 13.1 Å². The highest BCUT2D eigenvalue weighted by atomic mass is 32.2. The molecule has 1 rings (SSSR count). The first kappa shape index (κ1) is 14.4. The van der Waals surface area contributed by atoms with E-state index in [0.29, 0.717) is 0 Å². The monoisotopic (exact) mass is 273 g/mol. The SMILES string of the molecule is C[C@@H](O)CNS(=O)(=O)c1ccc(C(N)=O)cc1N. The van der Waals surface area contributed by atoms with Crippen molar-refractivity contribution in [1.29, 1.82) is 0 Å². The van der Waals surface area contributed by atoms with Crippen molar-refractivity contribution in [1.82, 2.24) is 4.72 Å². The van der Waals surface area contributed by atoms with E-state index in [0.717, 1.165) is 0 Å². The molecule has 0 saturated carbocycles. The van der Waals surface area contributed by atoms with Crippen molar-refractivity contribution < 1.29 is 18.3 Å². The van der Waals surface area contributed by atoms with Crippen molar-refractivity contribution in [3.05, 3.63) is 23.8 Å². The molecule has 6 N–H and O–H groups in total. The second-order valence-corrected chi connectivity index (χ2v) is 5.55. The standard InChI is InChI=1S/C10H15N3O4S/c1-6(14)5-13-18(16,17)9-3-2-7(10(12)15)4-8(9)11/h2-4,6,13-14H,5,11H2,1H3,(H2,12,15)/t6-/m1/s1. The average molecular weight is 273 g/mol. The second-order valence-electron chi connectivity index (χ2n) is 3.82. The minimum atomic E-state index is -3.82. The zero-order valence-corrected chi connectivity index (χ0v) is 10.6. The summed E-state index contributed by atoms with van der Waals surface area (Å²) in [5.41, 5.74) is 10.7. The number of aliphatic hydroxyl groups excluding tert-OH is 1. The van der Waals surface area contributed by atoms with Crippen LogP contribution in [0.15, 0.2) is 23.1 Å². The van der Waals surface area contributed by atoms with Crippen molar-refractivity contribution in [2.75, 3.05) is 12.3 Å². The van der Waals surface area contributed by atoms with Crippen LogP contribution in [0.2, 0.25) is 0 Å². The lowest BCUT2D eigenvalue weighted by Crippen LogP contribution is -2.31. The Kier molecular flexibility index (Phi) is 4.28. The lowest BCUT2D eigenvalue weighted by molar-refractivity contribution is 0.1000. The van der Waals surface area contributed by atoms with Crippen LogP contribution < -0.4 is 16.2 Å². The molecule has 8 heteroatoms. The van der Waals surface area contributed by atoms with Crippen molar-refractivity contribution in [2.45, 2.75) is 17.9 Å². The van der Waals surface area contributed by atoms with Crippen molar-refractivity contribution in [2.24, 2.45) is 5.73 Å². The van der Waals surface area contributed by atoms with E-state index in [2.05, 4.69) is 4.72 Å². The molecule has 1 aromatic rings. The molecule has 0 aliphatic rings. The smallest absolute Gasteiger partial charge is 0.248 e. The third kappa shape index (κ3) is 3.42. The molecule has 18 heavy (non-hydrogen) atoms. The number of nitrogens with one attached hydrogen (secondary N) is 1. The molecule has 0 fully saturated rings. The molecular formula is C10H15N3O4S. The number of hydrogen-bond acceptors (Lipinski definition) is 5. The van der Waals surface area contributed by atoms with Crippen molar-refractivity contribution in [3.63, 3.8) is 0 Å². The topological polar surface area (TPSA) is 136 Å². The number of carbonyl (C=O) groups excluding carboxylic acids is 1. The molecule has 0 unspecified atom stereocenters. The number of amides is 1. The number of nitrogen functional groups attached to an aromatic ring is 1. The van der Waals surface area contributed by atoms with Crippen LogP contribution in [0.3, 0.4) is 0 Å². The largest absolute Gasteiger partial charge is 0.398 e. The van der Waals surface area contributed by atoms with E-state index in [1.807, 2.05) is 0 Å². The van der Waals surface area contributed by atoms with Crippen LogP contribution >= 0.6 is 0 Å². The van der Waals surface area contributed by atoms with Crippen molar-refractivity contribution >= 4 is 21.6 Å². The Hall–Kier alpha value is -1.64. The summed E-state index contributed by atoms with van der Waals surface area (Å²) in [5, 5.41) is 9.03. The van der Waals surface area contributed by atoms with E-state index in [-0.39, 0.29) is 22.7 Å². The Bertz CT molecular complexity index is 554. The van der Waals surface area contributed by atoms with Crippen molar-refractivity contribution in [3.8, 4) is 0 Å². The van der Waals surface area contributed by atoms with Gasteiger partial charge in [-0.2, -0.15) is 0 Å². The molecule has 0 aliphatic carbocycles. The van der Waals surface area contributed by atoms with E-state index >= 15 is 0 Å². The Morgan fingerprint density at radius 2 is 2.11 bits per heavy atom.